The third-order valence-corrected chi connectivity index (χ3v) is 9.52. The van der Waals surface area contributed by atoms with Gasteiger partial charge in [0.2, 0.25) is 11.8 Å². The Morgan fingerprint density at radius 1 is 0.500 bits per heavy atom. The van der Waals surface area contributed by atoms with Gasteiger partial charge in [0.25, 0.3) is 0 Å². The fourth-order valence-corrected chi connectivity index (χ4v) is 6.08. The van der Waals surface area contributed by atoms with E-state index in [0.717, 1.165) is 27.8 Å². The molecule has 0 heterocycles. The molecule has 60 heavy (non-hydrogen) atoms. The first-order valence-corrected chi connectivity index (χ1v) is 19.3. The highest BCUT2D eigenvalue weighted by Crippen LogP contribution is 2.27. The molecule has 0 bridgehead atoms. The van der Waals surface area contributed by atoms with Crippen LogP contribution in [0.2, 0.25) is 0 Å². The largest absolute Gasteiger partial charge is 0.489 e. The lowest BCUT2D eigenvalue weighted by atomic mass is 10.0. The molecule has 0 radical (unpaired) electrons. The summed E-state index contributed by atoms with van der Waals surface area (Å²) in [6, 6.07) is 35.7. The summed E-state index contributed by atoms with van der Waals surface area (Å²) in [6.07, 6.45) is 0.805. The first-order chi connectivity index (χ1) is 28.8. The molecule has 0 aliphatic rings. The predicted molar refractivity (Wildman–Crippen MR) is 224 cm³/mol. The van der Waals surface area contributed by atoms with Crippen LogP contribution < -0.4 is 31.6 Å². The van der Waals surface area contributed by atoms with Crippen LogP contribution in [0.4, 0.5) is 17.6 Å². The molecule has 0 aromatic heterocycles. The molecule has 6 aromatic rings. The molecule has 0 aliphatic heterocycles. The van der Waals surface area contributed by atoms with Gasteiger partial charge >= 0.3 is 0 Å². The van der Waals surface area contributed by atoms with E-state index in [1.165, 1.54) is 42.5 Å². The van der Waals surface area contributed by atoms with Crippen LogP contribution in [0, 0.1) is 23.3 Å². The standard InChI is InChI=1S/2C24H24F2N2O2/c1-16(24(27)29)28-14-18-8-9-23(30-15-19-5-3-7-22(26)13-19)20(11-18)10-17-4-2-6-21(25)12-17;1-16(24(27)29)28-14-17-9-10-23(30-15-18-5-4-7-21(25)12-18)20(11-17)13-19-6-2-3-8-22(19)26/h2-9,11-13,16,28H,10,14-15H2,1H3,(H2,27,29);2-12,16,28H,13-15H2,1H3,(H2,27,29)/t2*16-/m00/s1. The van der Waals surface area contributed by atoms with Crippen molar-refractivity contribution in [1.29, 1.82) is 0 Å². The van der Waals surface area contributed by atoms with Crippen LogP contribution in [0.1, 0.15) is 58.4 Å². The van der Waals surface area contributed by atoms with Crippen LogP contribution in [-0.4, -0.2) is 23.9 Å². The Bertz CT molecular complexity index is 2380. The Hall–Kier alpha value is -6.50. The zero-order chi connectivity index (χ0) is 43.0. The third-order valence-electron chi connectivity index (χ3n) is 9.52. The average molecular weight is 821 g/mol. The van der Waals surface area contributed by atoms with E-state index in [4.69, 9.17) is 20.9 Å². The number of primary amides is 2. The van der Waals surface area contributed by atoms with Crippen molar-refractivity contribution in [3.05, 3.63) is 201 Å². The van der Waals surface area contributed by atoms with E-state index < -0.39 is 23.9 Å². The minimum atomic E-state index is -0.469. The van der Waals surface area contributed by atoms with Crippen molar-refractivity contribution in [1.82, 2.24) is 10.6 Å². The number of carbonyl (C=O) groups excluding carboxylic acids is 2. The van der Waals surface area contributed by atoms with Crippen LogP contribution in [0.25, 0.3) is 0 Å². The van der Waals surface area contributed by atoms with Crippen LogP contribution in [0.15, 0.2) is 133 Å². The Labute approximate surface area is 347 Å². The van der Waals surface area contributed by atoms with Crippen LogP contribution >= 0.6 is 0 Å². The lowest BCUT2D eigenvalue weighted by Crippen LogP contribution is -2.38. The van der Waals surface area contributed by atoms with E-state index >= 15 is 0 Å². The minimum absolute atomic E-state index is 0.193. The number of nitrogens with one attached hydrogen (secondary N) is 2. The molecule has 0 unspecified atom stereocenters. The van der Waals surface area contributed by atoms with Gasteiger partial charge in [-0.15, -0.1) is 0 Å². The lowest BCUT2D eigenvalue weighted by Gasteiger charge is -2.15. The molecular weight excluding hydrogens is 773 g/mol. The van der Waals surface area contributed by atoms with Gasteiger partial charge in [-0.1, -0.05) is 78.9 Å². The average Bonchev–Trinajstić information content (AvgIpc) is 3.22. The van der Waals surface area contributed by atoms with Gasteiger partial charge in [-0.3, -0.25) is 9.59 Å². The van der Waals surface area contributed by atoms with E-state index in [1.807, 2.05) is 36.4 Å². The lowest BCUT2D eigenvalue weighted by molar-refractivity contribution is -0.120. The second kappa shape index (κ2) is 22.0. The first-order valence-electron chi connectivity index (χ1n) is 19.3. The van der Waals surface area contributed by atoms with Crippen molar-refractivity contribution in [2.45, 2.75) is 65.1 Å². The molecule has 0 fully saturated rings. The maximum Gasteiger partial charge on any atom is 0.234 e. The van der Waals surface area contributed by atoms with E-state index in [-0.39, 0.29) is 36.5 Å². The van der Waals surface area contributed by atoms with Crippen LogP contribution in [0.5, 0.6) is 11.5 Å². The second-order valence-corrected chi connectivity index (χ2v) is 14.3. The highest BCUT2D eigenvalue weighted by molar-refractivity contribution is 5.79. The molecule has 0 aliphatic carbocycles. The number of amides is 2. The first kappa shape index (κ1) is 44.6. The van der Waals surface area contributed by atoms with E-state index in [1.54, 1.807) is 68.4 Å². The molecule has 312 valence electrons. The quantitative estimate of drug-likeness (QED) is 0.0648. The highest BCUT2D eigenvalue weighted by atomic mass is 19.1. The maximum absolute atomic E-state index is 14.2. The number of halogens is 4. The second-order valence-electron chi connectivity index (χ2n) is 14.3. The zero-order valence-electron chi connectivity index (χ0n) is 33.4. The Morgan fingerprint density at radius 3 is 1.38 bits per heavy atom. The summed E-state index contributed by atoms with van der Waals surface area (Å²) in [4.78, 5) is 22.5. The SMILES string of the molecule is C[C@H](NCc1ccc(OCc2cccc(F)c2)c(Cc2cccc(F)c2)c1)C(N)=O.C[C@H](NCc1ccc(OCc2cccc(F)c2)c(Cc2ccccc2F)c1)C(N)=O. The molecule has 6 rings (SSSR count). The summed E-state index contributed by atoms with van der Waals surface area (Å²) < 4.78 is 66.5. The van der Waals surface area contributed by atoms with Gasteiger partial charge in [0.05, 0.1) is 12.1 Å². The Kier molecular flexibility index (Phi) is 16.4. The van der Waals surface area contributed by atoms with Gasteiger partial charge in [0.15, 0.2) is 0 Å². The van der Waals surface area contributed by atoms with Crippen molar-refractivity contribution >= 4 is 11.8 Å². The number of benzene rings is 6. The fourth-order valence-electron chi connectivity index (χ4n) is 6.08. The van der Waals surface area contributed by atoms with Crippen molar-refractivity contribution in [2.24, 2.45) is 11.5 Å². The number of ether oxygens (including phenoxy) is 2. The van der Waals surface area contributed by atoms with Crippen LogP contribution in [-0.2, 0) is 48.7 Å². The summed E-state index contributed by atoms with van der Waals surface area (Å²) in [6.45, 7) is 4.68. The predicted octanol–water partition coefficient (Wildman–Crippen LogP) is 8.20. The van der Waals surface area contributed by atoms with Crippen molar-refractivity contribution < 1.29 is 36.6 Å². The van der Waals surface area contributed by atoms with Gasteiger partial charge in [-0.25, -0.2) is 17.6 Å². The normalized spacial score (nSPS) is 11.8. The molecule has 0 spiro atoms. The Morgan fingerprint density at radius 2 is 0.933 bits per heavy atom. The number of rotatable bonds is 18. The molecule has 6 aromatic carbocycles. The number of nitrogens with two attached hydrogens (primary N) is 2. The fraction of sp³-hybridized carbons (Fsp3) is 0.208. The van der Waals surface area contributed by atoms with E-state index in [0.29, 0.717) is 54.1 Å². The molecule has 0 saturated heterocycles. The molecule has 8 nitrogen and oxygen atoms in total. The minimum Gasteiger partial charge on any atom is -0.489 e. The molecule has 12 heteroatoms. The number of carbonyl (C=O) groups is 2. The monoisotopic (exact) mass is 820 g/mol. The highest BCUT2D eigenvalue weighted by Gasteiger charge is 2.14. The molecule has 0 saturated carbocycles. The van der Waals surface area contributed by atoms with Crippen molar-refractivity contribution in [3.8, 4) is 11.5 Å². The smallest absolute Gasteiger partial charge is 0.234 e. The number of hydrogen-bond donors (Lipinski definition) is 4. The number of hydrogen-bond acceptors (Lipinski definition) is 6. The molecular formula is C48H48F4N4O4. The summed E-state index contributed by atoms with van der Waals surface area (Å²) in [5.74, 6) is -0.873. The Balaban J connectivity index is 0.000000228. The van der Waals surface area contributed by atoms with E-state index in [2.05, 4.69) is 10.6 Å². The molecule has 2 atom stereocenters. The van der Waals surface area contributed by atoms with Crippen molar-refractivity contribution in [2.75, 3.05) is 0 Å². The van der Waals surface area contributed by atoms with Gasteiger partial charge < -0.3 is 31.6 Å². The van der Waals surface area contributed by atoms with Gasteiger partial charge in [-0.05, 0) is 113 Å². The summed E-state index contributed by atoms with van der Waals surface area (Å²) >= 11 is 0. The molecule has 2 amide bonds. The van der Waals surface area contributed by atoms with Crippen LogP contribution in [0.3, 0.4) is 0 Å². The summed E-state index contributed by atoms with van der Waals surface area (Å²) in [5.41, 5.74) is 16.9. The maximum atomic E-state index is 14.2. The summed E-state index contributed by atoms with van der Waals surface area (Å²) in [7, 11) is 0. The zero-order valence-corrected chi connectivity index (χ0v) is 33.4. The topological polar surface area (TPSA) is 129 Å². The van der Waals surface area contributed by atoms with Gasteiger partial charge in [-0.2, -0.15) is 0 Å². The summed E-state index contributed by atoms with van der Waals surface area (Å²) in [5, 5.41) is 6.12. The van der Waals surface area contributed by atoms with Crippen molar-refractivity contribution in [3.63, 3.8) is 0 Å². The third kappa shape index (κ3) is 14.1. The van der Waals surface area contributed by atoms with E-state index in [9.17, 15) is 27.2 Å². The van der Waals surface area contributed by atoms with Gasteiger partial charge in [0, 0.05) is 25.9 Å². The van der Waals surface area contributed by atoms with Gasteiger partial charge in [0.1, 0.15) is 48.0 Å². The molecule has 6 N–H and O–H groups in total.